The van der Waals surface area contributed by atoms with Crippen molar-refractivity contribution in [2.75, 3.05) is 13.2 Å². The van der Waals surface area contributed by atoms with Gasteiger partial charge in [-0.15, -0.1) is 24.7 Å². The van der Waals surface area contributed by atoms with Crippen LogP contribution < -0.4 is 59.1 Å². The van der Waals surface area contributed by atoms with Gasteiger partial charge in [0, 0.05) is 26.1 Å². The molecule has 2 atom stereocenters. The predicted octanol–water partition coefficient (Wildman–Crippen LogP) is -6.33. The third-order valence-electron chi connectivity index (χ3n) is 2.68. The summed E-state index contributed by atoms with van der Waals surface area (Å²) in [6.45, 7) is -0.176. The topological polar surface area (TPSA) is 124 Å². The van der Waals surface area contributed by atoms with E-state index in [4.69, 9.17) is 17.6 Å². The molecule has 0 saturated heterocycles. The molecule has 23 heavy (non-hydrogen) atoms. The second-order valence-electron chi connectivity index (χ2n) is 4.24. The zero-order valence-corrected chi connectivity index (χ0v) is 18.9. The van der Waals surface area contributed by atoms with Gasteiger partial charge in [0.1, 0.15) is 0 Å². The van der Waals surface area contributed by atoms with E-state index in [2.05, 4.69) is 11.8 Å². The van der Waals surface area contributed by atoms with Crippen molar-refractivity contribution in [3.63, 3.8) is 0 Å². The fraction of sp³-hybridized carbons (Fsp3) is 0.667. The average molecular weight is 382 g/mol. The Morgan fingerprint density at radius 2 is 1.13 bits per heavy atom. The van der Waals surface area contributed by atoms with Crippen molar-refractivity contribution < 1.29 is 89.8 Å². The molecule has 0 radical (unpaired) electrons. The second-order valence-corrected chi connectivity index (χ2v) is 7.54. The summed E-state index contributed by atoms with van der Waals surface area (Å²) in [7, 11) is -9.01. The van der Waals surface area contributed by atoms with E-state index in [9.17, 15) is 25.9 Å². The Labute approximate surface area is 182 Å². The van der Waals surface area contributed by atoms with Crippen LogP contribution in [0.3, 0.4) is 0 Å². The van der Waals surface area contributed by atoms with Gasteiger partial charge in [-0.3, -0.25) is 0 Å². The van der Waals surface area contributed by atoms with Crippen molar-refractivity contribution in [1.82, 2.24) is 0 Å². The molecular weight excluding hydrogens is 366 g/mol. The Hall–Kier alpha value is 0.900. The molecule has 0 aromatic carbocycles. The maximum Gasteiger partial charge on any atom is 1.00 e. The summed E-state index contributed by atoms with van der Waals surface area (Å²) in [5, 5.41) is -2.49. The van der Waals surface area contributed by atoms with Crippen LogP contribution in [0.5, 0.6) is 0 Å². The van der Waals surface area contributed by atoms with E-state index < -0.39 is 30.7 Å². The van der Waals surface area contributed by atoms with Crippen molar-refractivity contribution >= 4 is 20.2 Å². The quantitative estimate of drug-likeness (QED) is 0.159. The van der Waals surface area contributed by atoms with Crippen LogP contribution in [0.15, 0.2) is 0 Å². The third-order valence-corrected chi connectivity index (χ3v) is 5.11. The summed E-state index contributed by atoms with van der Waals surface area (Å²) in [5.41, 5.74) is 0. The molecule has 120 valence electrons. The van der Waals surface area contributed by atoms with E-state index in [1.807, 2.05) is 0 Å². The molecule has 7 nitrogen and oxygen atoms in total. The molecule has 0 N–H and O–H groups in total. The van der Waals surface area contributed by atoms with E-state index >= 15 is 0 Å². The summed E-state index contributed by atoms with van der Waals surface area (Å²) in [6.07, 6.45) is 9.29. The summed E-state index contributed by atoms with van der Waals surface area (Å²) >= 11 is 0. The summed E-state index contributed by atoms with van der Waals surface area (Å²) < 4.78 is 70.2. The number of ether oxygens (including phenoxy) is 1. The van der Waals surface area contributed by atoms with E-state index in [0.717, 1.165) is 0 Å². The van der Waals surface area contributed by atoms with Gasteiger partial charge in [-0.1, -0.05) is 0 Å². The smallest absolute Gasteiger partial charge is 0.748 e. The molecule has 0 bridgehead atoms. The maximum absolute atomic E-state index is 10.9. The minimum atomic E-state index is -4.51. The minimum Gasteiger partial charge on any atom is -0.748 e. The molecule has 0 aliphatic heterocycles. The van der Waals surface area contributed by atoms with Crippen LogP contribution in [-0.4, -0.2) is 49.7 Å². The first-order valence-electron chi connectivity index (χ1n) is 5.97. The van der Waals surface area contributed by atoms with Crippen LogP contribution in [0.2, 0.25) is 0 Å². The number of hydrogen-bond donors (Lipinski definition) is 0. The summed E-state index contributed by atoms with van der Waals surface area (Å²) in [5.74, 6) is 4.19. The normalized spacial score (nSPS) is 13.6. The molecule has 0 aliphatic rings. The van der Waals surface area contributed by atoms with Crippen LogP contribution in [0, 0.1) is 24.7 Å². The van der Waals surface area contributed by atoms with Gasteiger partial charge >= 0.3 is 59.1 Å². The summed E-state index contributed by atoms with van der Waals surface area (Å²) in [4.78, 5) is 0. The van der Waals surface area contributed by atoms with Gasteiger partial charge in [0.15, 0.2) is 0 Å². The minimum absolute atomic E-state index is 0. The van der Waals surface area contributed by atoms with E-state index in [0.29, 0.717) is 0 Å². The molecule has 0 aromatic rings. The average Bonchev–Trinajstić information content (AvgIpc) is 2.33. The van der Waals surface area contributed by atoms with Gasteiger partial charge < -0.3 is 13.8 Å². The zero-order valence-electron chi connectivity index (χ0n) is 13.2. The van der Waals surface area contributed by atoms with Crippen LogP contribution in [0.4, 0.5) is 0 Å². The first-order chi connectivity index (χ1) is 9.62. The monoisotopic (exact) mass is 382 g/mol. The molecule has 11 heteroatoms. The third kappa shape index (κ3) is 13.8. The van der Waals surface area contributed by atoms with Crippen LogP contribution >= 0.6 is 0 Å². The Bertz CT molecular complexity index is 548. The van der Waals surface area contributed by atoms with E-state index in [-0.39, 0.29) is 98.0 Å². The van der Waals surface area contributed by atoms with Gasteiger partial charge in [-0.05, 0) is 12.8 Å². The van der Waals surface area contributed by atoms with Gasteiger partial charge in [0.2, 0.25) is 0 Å². The van der Waals surface area contributed by atoms with E-state index in [1.54, 1.807) is 0 Å². The Morgan fingerprint density at radius 1 is 0.826 bits per heavy atom. The maximum atomic E-state index is 10.9. The Balaban J connectivity index is -0.00000200. The van der Waals surface area contributed by atoms with Gasteiger partial charge in [-0.25, -0.2) is 16.8 Å². The Kier molecular flexibility index (Phi) is 17.6. The molecular formula is C12H16Na2O7S2. The molecule has 0 aromatic heterocycles. The SMILES string of the molecule is C#CCC(CCOCCC(CC#C)S(=O)(=O)[O-])S(=O)(=O)[O-].[Na+].[Na+]. The standard InChI is InChI=1S/C12H18O7S2.2Na/c1-3-5-11(20(13,14)15)7-9-19-10-8-12(6-4-2)21(16,17)18;;/h1-2,11-12H,5-10H2,(H,13,14,15)(H,16,17,18);;/q;2*+1/p-2. The number of terminal acetylenes is 2. The molecule has 0 spiro atoms. The summed E-state index contributed by atoms with van der Waals surface area (Å²) in [6, 6.07) is 0. The van der Waals surface area contributed by atoms with Crippen LogP contribution in [0.25, 0.3) is 0 Å². The first-order valence-corrected chi connectivity index (χ1v) is 8.91. The molecule has 2 unspecified atom stereocenters. The molecule has 0 aliphatic carbocycles. The van der Waals surface area contributed by atoms with Crippen molar-refractivity contribution in [2.45, 2.75) is 36.2 Å². The molecule has 0 fully saturated rings. The first kappa shape index (κ1) is 28.7. The fourth-order valence-electron chi connectivity index (χ4n) is 1.49. The van der Waals surface area contributed by atoms with E-state index in [1.165, 1.54) is 0 Å². The van der Waals surface area contributed by atoms with Crippen molar-refractivity contribution in [3.8, 4) is 24.7 Å². The number of hydrogen-bond acceptors (Lipinski definition) is 7. The molecule has 0 saturated carbocycles. The van der Waals surface area contributed by atoms with Crippen molar-refractivity contribution in [1.29, 1.82) is 0 Å². The predicted molar refractivity (Wildman–Crippen MR) is 73.9 cm³/mol. The Morgan fingerprint density at radius 3 is 1.35 bits per heavy atom. The van der Waals surface area contributed by atoms with Crippen molar-refractivity contribution in [3.05, 3.63) is 0 Å². The zero-order chi connectivity index (χ0) is 16.5. The van der Waals surface area contributed by atoms with Gasteiger partial charge in [0.05, 0.1) is 30.7 Å². The largest absolute Gasteiger partial charge is 1.00 e. The number of rotatable bonds is 10. The second kappa shape index (κ2) is 14.1. The van der Waals surface area contributed by atoms with Crippen molar-refractivity contribution in [2.24, 2.45) is 0 Å². The molecule has 0 heterocycles. The van der Waals surface area contributed by atoms with Crippen LogP contribution in [0.1, 0.15) is 25.7 Å². The fourth-order valence-corrected chi connectivity index (χ4v) is 2.86. The molecule has 0 rings (SSSR count). The van der Waals surface area contributed by atoms with Gasteiger partial charge in [0.25, 0.3) is 0 Å². The van der Waals surface area contributed by atoms with Gasteiger partial charge in [-0.2, -0.15) is 0 Å². The van der Waals surface area contributed by atoms with Crippen LogP contribution in [-0.2, 0) is 25.0 Å². The molecule has 0 amide bonds.